The maximum absolute atomic E-state index is 12.4. The predicted octanol–water partition coefficient (Wildman–Crippen LogP) is 3.29. The van der Waals surface area contributed by atoms with E-state index in [1.807, 2.05) is 0 Å². The topological polar surface area (TPSA) is 69.7 Å². The fourth-order valence-electron chi connectivity index (χ4n) is 2.75. The Hall–Kier alpha value is -1.77. The van der Waals surface area contributed by atoms with Crippen molar-refractivity contribution in [3.05, 3.63) is 29.3 Å². The number of rotatable bonds is 5. The summed E-state index contributed by atoms with van der Waals surface area (Å²) in [7, 11) is -5.69. The summed E-state index contributed by atoms with van der Waals surface area (Å²) in [5.74, 6) is -0.820. The molecule has 0 bridgehead atoms. The van der Waals surface area contributed by atoms with E-state index >= 15 is 0 Å². The van der Waals surface area contributed by atoms with Crippen LogP contribution in [0.2, 0.25) is 0 Å². The fraction of sp³-hybridized carbons (Fsp3) is 0.533. The molecule has 0 aromatic heterocycles. The second-order valence-electron chi connectivity index (χ2n) is 5.44. The number of aryl methyl sites for hydroxylation is 1. The first-order chi connectivity index (χ1) is 11.1. The minimum absolute atomic E-state index is 0.0962. The molecule has 0 heterocycles. The van der Waals surface area contributed by atoms with Gasteiger partial charge in [-0.2, -0.15) is 21.6 Å². The number of fused-ring (bicyclic) bond motifs is 1. The first kappa shape index (κ1) is 18.6. The number of halogens is 3. The second kappa shape index (κ2) is 7.00. The summed E-state index contributed by atoms with van der Waals surface area (Å²) in [6, 6.07) is 3.97. The third-order valence-corrected chi connectivity index (χ3v) is 4.74. The Bertz CT molecular complexity index is 712. The average molecular weight is 366 g/mol. The van der Waals surface area contributed by atoms with Gasteiger partial charge in [0, 0.05) is 0 Å². The SMILES string of the molecule is CCOC(=O)CC1CCCc2cc(OS(=O)(=O)C(F)(F)F)ccc21. The van der Waals surface area contributed by atoms with Crippen LogP contribution in [0.5, 0.6) is 5.75 Å². The van der Waals surface area contributed by atoms with E-state index < -0.39 is 15.6 Å². The number of carbonyl (C=O) groups is 1. The van der Waals surface area contributed by atoms with E-state index in [9.17, 15) is 26.4 Å². The Morgan fingerprint density at radius 3 is 2.67 bits per heavy atom. The fourth-order valence-corrected chi connectivity index (χ4v) is 3.20. The summed E-state index contributed by atoms with van der Waals surface area (Å²) in [5.41, 5.74) is -3.98. The maximum Gasteiger partial charge on any atom is 0.534 e. The molecule has 1 aliphatic carbocycles. The zero-order valence-corrected chi connectivity index (χ0v) is 13.7. The lowest BCUT2D eigenvalue weighted by Crippen LogP contribution is -2.28. The van der Waals surface area contributed by atoms with Gasteiger partial charge in [-0.05, 0) is 55.4 Å². The van der Waals surface area contributed by atoms with Crippen molar-refractivity contribution in [1.29, 1.82) is 0 Å². The maximum atomic E-state index is 12.4. The van der Waals surface area contributed by atoms with Crippen molar-refractivity contribution in [2.75, 3.05) is 6.61 Å². The Morgan fingerprint density at radius 1 is 1.33 bits per heavy atom. The quantitative estimate of drug-likeness (QED) is 0.454. The Kier molecular flexibility index (Phi) is 5.42. The molecular formula is C15H17F3O5S. The summed E-state index contributed by atoms with van der Waals surface area (Å²) in [5, 5.41) is 0. The highest BCUT2D eigenvalue weighted by Gasteiger charge is 2.48. The normalized spacial score (nSPS) is 17.9. The van der Waals surface area contributed by atoms with E-state index in [-0.39, 0.29) is 30.7 Å². The second-order valence-corrected chi connectivity index (χ2v) is 6.98. The monoisotopic (exact) mass is 366 g/mol. The smallest absolute Gasteiger partial charge is 0.466 e. The number of carbonyl (C=O) groups excluding carboxylic acids is 1. The van der Waals surface area contributed by atoms with Gasteiger partial charge in [0.25, 0.3) is 0 Å². The molecule has 1 unspecified atom stereocenters. The largest absolute Gasteiger partial charge is 0.534 e. The van der Waals surface area contributed by atoms with E-state index in [4.69, 9.17) is 4.74 Å². The van der Waals surface area contributed by atoms with Crippen LogP contribution < -0.4 is 4.18 Å². The molecule has 9 heteroatoms. The van der Waals surface area contributed by atoms with Gasteiger partial charge < -0.3 is 8.92 Å². The Morgan fingerprint density at radius 2 is 2.04 bits per heavy atom. The van der Waals surface area contributed by atoms with Crippen LogP contribution in [0.25, 0.3) is 0 Å². The minimum atomic E-state index is -5.69. The number of esters is 1. The molecule has 1 aliphatic rings. The summed E-state index contributed by atoms with van der Waals surface area (Å²) < 4.78 is 68.3. The minimum Gasteiger partial charge on any atom is -0.466 e. The van der Waals surface area contributed by atoms with Crippen LogP contribution in [0.3, 0.4) is 0 Å². The van der Waals surface area contributed by atoms with Crippen molar-refractivity contribution in [2.24, 2.45) is 0 Å². The van der Waals surface area contributed by atoms with Gasteiger partial charge in [-0.3, -0.25) is 4.79 Å². The van der Waals surface area contributed by atoms with Gasteiger partial charge >= 0.3 is 21.6 Å². The third kappa shape index (κ3) is 4.19. The van der Waals surface area contributed by atoms with Crippen molar-refractivity contribution in [3.63, 3.8) is 0 Å². The summed E-state index contributed by atoms with van der Waals surface area (Å²) in [6.07, 6.45) is 2.26. The molecule has 2 rings (SSSR count). The highest BCUT2D eigenvalue weighted by atomic mass is 32.2. The highest BCUT2D eigenvalue weighted by molar-refractivity contribution is 7.88. The summed E-state index contributed by atoms with van der Waals surface area (Å²) in [6.45, 7) is 1.98. The standard InChI is InChI=1S/C15H17F3O5S/c1-2-22-14(19)9-11-5-3-4-10-8-12(6-7-13(10)11)23-24(20,21)15(16,17)18/h6-8,11H,2-5,9H2,1H3. The molecule has 0 saturated heterocycles. The van der Waals surface area contributed by atoms with Gasteiger partial charge in [0.2, 0.25) is 0 Å². The number of hydrogen-bond acceptors (Lipinski definition) is 5. The predicted molar refractivity (Wildman–Crippen MR) is 79.0 cm³/mol. The molecular weight excluding hydrogens is 349 g/mol. The number of hydrogen-bond donors (Lipinski definition) is 0. The van der Waals surface area contributed by atoms with Gasteiger partial charge in [-0.25, -0.2) is 0 Å². The van der Waals surface area contributed by atoms with E-state index in [0.717, 1.165) is 18.4 Å². The molecule has 1 aromatic rings. The van der Waals surface area contributed by atoms with Gasteiger partial charge in [0.15, 0.2) is 0 Å². The van der Waals surface area contributed by atoms with Crippen LogP contribution in [0, 0.1) is 0 Å². The van der Waals surface area contributed by atoms with E-state index in [1.165, 1.54) is 18.2 Å². The molecule has 0 amide bonds. The van der Waals surface area contributed by atoms with Crippen LogP contribution in [0.15, 0.2) is 18.2 Å². The molecule has 0 fully saturated rings. The van der Waals surface area contributed by atoms with Gasteiger partial charge in [0.05, 0.1) is 13.0 Å². The lowest BCUT2D eigenvalue weighted by molar-refractivity contribution is -0.143. The van der Waals surface area contributed by atoms with Crippen molar-refractivity contribution >= 4 is 16.1 Å². The Labute approximate surface area is 137 Å². The molecule has 0 spiro atoms. The Balaban J connectivity index is 2.20. The van der Waals surface area contributed by atoms with Crippen LogP contribution in [0.1, 0.15) is 43.2 Å². The van der Waals surface area contributed by atoms with Gasteiger partial charge in [0.1, 0.15) is 5.75 Å². The van der Waals surface area contributed by atoms with Crippen molar-refractivity contribution in [2.45, 2.75) is 44.0 Å². The lowest BCUT2D eigenvalue weighted by atomic mass is 9.81. The molecule has 24 heavy (non-hydrogen) atoms. The molecule has 1 atom stereocenters. The number of ether oxygens (including phenoxy) is 1. The van der Waals surface area contributed by atoms with E-state index in [2.05, 4.69) is 4.18 Å². The molecule has 0 N–H and O–H groups in total. The van der Waals surface area contributed by atoms with E-state index in [1.54, 1.807) is 6.92 Å². The van der Waals surface area contributed by atoms with Crippen molar-refractivity contribution in [3.8, 4) is 5.75 Å². The summed E-state index contributed by atoms with van der Waals surface area (Å²) in [4.78, 5) is 11.6. The molecule has 5 nitrogen and oxygen atoms in total. The molecule has 0 radical (unpaired) electrons. The first-order valence-corrected chi connectivity index (χ1v) is 8.84. The lowest BCUT2D eigenvalue weighted by Gasteiger charge is -2.25. The summed E-state index contributed by atoms with van der Waals surface area (Å²) >= 11 is 0. The molecule has 0 aliphatic heterocycles. The van der Waals surface area contributed by atoms with Gasteiger partial charge in [-0.1, -0.05) is 6.07 Å². The van der Waals surface area contributed by atoms with Gasteiger partial charge in [-0.15, -0.1) is 0 Å². The van der Waals surface area contributed by atoms with Crippen LogP contribution in [-0.2, 0) is 26.1 Å². The zero-order chi connectivity index (χ0) is 18.0. The van der Waals surface area contributed by atoms with Crippen LogP contribution in [-0.4, -0.2) is 26.5 Å². The molecule has 134 valence electrons. The van der Waals surface area contributed by atoms with Crippen molar-refractivity contribution < 1.29 is 35.3 Å². The zero-order valence-electron chi connectivity index (χ0n) is 12.9. The van der Waals surface area contributed by atoms with E-state index in [0.29, 0.717) is 12.0 Å². The van der Waals surface area contributed by atoms with Crippen LogP contribution >= 0.6 is 0 Å². The van der Waals surface area contributed by atoms with Crippen LogP contribution in [0.4, 0.5) is 13.2 Å². The number of alkyl halides is 3. The third-order valence-electron chi connectivity index (χ3n) is 3.76. The highest BCUT2D eigenvalue weighted by Crippen LogP contribution is 2.37. The number of benzene rings is 1. The molecule has 0 saturated carbocycles. The first-order valence-electron chi connectivity index (χ1n) is 7.43. The average Bonchev–Trinajstić information content (AvgIpc) is 2.46. The van der Waals surface area contributed by atoms with Crippen molar-refractivity contribution in [1.82, 2.24) is 0 Å². The molecule has 1 aromatic carbocycles.